The van der Waals surface area contributed by atoms with Crippen LogP contribution in [0.5, 0.6) is 0 Å². The number of nitrogens with zero attached hydrogens (tertiary/aromatic N) is 1. The van der Waals surface area contributed by atoms with Gasteiger partial charge in [0.05, 0.1) is 30.4 Å². The van der Waals surface area contributed by atoms with Crippen LogP contribution in [-0.2, 0) is 22.5 Å². The number of aromatic nitrogens is 2. The van der Waals surface area contributed by atoms with Gasteiger partial charge >= 0.3 is 0 Å². The number of H-pyrrole nitrogens is 1. The van der Waals surface area contributed by atoms with Gasteiger partial charge in [0, 0.05) is 26.1 Å². The zero-order valence-electron chi connectivity index (χ0n) is 11.4. The lowest BCUT2D eigenvalue weighted by atomic mass is 10.0. The summed E-state index contributed by atoms with van der Waals surface area (Å²) in [5.74, 6) is 0.0211. The Hall–Kier alpha value is -1.40. The predicted molar refractivity (Wildman–Crippen MR) is 71.7 cm³/mol. The summed E-state index contributed by atoms with van der Waals surface area (Å²) in [5, 5.41) is 6.09. The summed E-state index contributed by atoms with van der Waals surface area (Å²) in [6.07, 6.45) is 4.51. The van der Waals surface area contributed by atoms with Crippen LogP contribution in [-0.4, -0.2) is 41.7 Å². The fourth-order valence-corrected chi connectivity index (χ4v) is 2.07. The molecule has 0 fully saturated rings. The van der Waals surface area contributed by atoms with Crippen molar-refractivity contribution in [2.45, 2.75) is 38.8 Å². The molecule has 0 aromatic carbocycles. The molecule has 1 unspecified atom stereocenters. The molecule has 106 valence electrons. The van der Waals surface area contributed by atoms with Crippen LogP contribution in [0.15, 0.2) is 6.33 Å². The fraction of sp³-hybridized carbons (Fsp3) is 0.692. The van der Waals surface area contributed by atoms with E-state index >= 15 is 0 Å². The molecular formula is C13H22N4O2. The molecule has 3 N–H and O–H groups in total. The monoisotopic (exact) mass is 266 g/mol. The van der Waals surface area contributed by atoms with Crippen molar-refractivity contribution in [1.82, 2.24) is 20.6 Å². The van der Waals surface area contributed by atoms with E-state index in [0.717, 1.165) is 30.8 Å². The van der Waals surface area contributed by atoms with Gasteiger partial charge in [0.15, 0.2) is 0 Å². The van der Waals surface area contributed by atoms with Crippen molar-refractivity contribution in [3.63, 3.8) is 0 Å². The summed E-state index contributed by atoms with van der Waals surface area (Å²) in [4.78, 5) is 19.2. The van der Waals surface area contributed by atoms with Crippen LogP contribution in [0.3, 0.4) is 0 Å². The van der Waals surface area contributed by atoms with Gasteiger partial charge in [-0.3, -0.25) is 10.1 Å². The zero-order chi connectivity index (χ0) is 13.5. The minimum Gasteiger partial charge on any atom is -0.380 e. The van der Waals surface area contributed by atoms with E-state index in [0.29, 0.717) is 26.1 Å². The molecule has 1 aliphatic rings. The molecule has 0 spiro atoms. The number of rotatable bonds is 7. The normalized spacial score (nSPS) is 18.1. The van der Waals surface area contributed by atoms with Crippen molar-refractivity contribution >= 4 is 5.91 Å². The van der Waals surface area contributed by atoms with Crippen molar-refractivity contribution in [3.8, 4) is 0 Å². The van der Waals surface area contributed by atoms with Crippen LogP contribution in [0.25, 0.3) is 0 Å². The first kappa shape index (κ1) is 14.0. The number of carbonyl (C=O) groups is 1. The molecule has 0 saturated carbocycles. The number of imidazole rings is 1. The average Bonchev–Trinajstić information content (AvgIpc) is 2.89. The van der Waals surface area contributed by atoms with Gasteiger partial charge in [-0.15, -0.1) is 0 Å². The molecule has 0 aliphatic carbocycles. The summed E-state index contributed by atoms with van der Waals surface area (Å²) in [6, 6.07) is -0.188. The number of hydrogen-bond donors (Lipinski definition) is 3. The second-order valence-corrected chi connectivity index (χ2v) is 4.72. The summed E-state index contributed by atoms with van der Waals surface area (Å²) in [6.45, 7) is 4.70. The Kier molecular flexibility index (Phi) is 5.35. The van der Waals surface area contributed by atoms with Crippen LogP contribution < -0.4 is 10.6 Å². The summed E-state index contributed by atoms with van der Waals surface area (Å²) in [7, 11) is 0. The van der Waals surface area contributed by atoms with Gasteiger partial charge in [-0.25, -0.2) is 4.98 Å². The number of nitrogens with one attached hydrogen (secondary N) is 3. The molecular weight excluding hydrogens is 244 g/mol. The van der Waals surface area contributed by atoms with Gasteiger partial charge in [-0.1, -0.05) is 13.3 Å². The number of unbranched alkanes of at least 4 members (excludes halogenated alkanes) is 1. The van der Waals surface area contributed by atoms with E-state index in [1.54, 1.807) is 6.33 Å². The van der Waals surface area contributed by atoms with E-state index in [-0.39, 0.29) is 11.9 Å². The highest BCUT2D eigenvalue weighted by atomic mass is 16.5. The first-order chi connectivity index (χ1) is 9.31. The summed E-state index contributed by atoms with van der Waals surface area (Å²) in [5.41, 5.74) is 2.06. The van der Waals surface area contributed by atoms with Gasteiger partial charge in [-0.2, -0.15) is 0 Å². The smallest absolute Gasteiger partial charge is 0.237 e. The highest BCUT2D eigenvalue weighted by Gasteiger charge is 2.25. The number of hydrogen-bond acceptors (Lipinski definition) is 4. The molecule has 6 nitrogen and oxygen atoms in total. The Labute approximate surface area is 113 Å². The van der Waals surface area contributed by atoms with Crippen molar-refractivity contribution in [1.29, 1.82) is 0 Å². The molecule has 1 aromatic heterocycles. The first-order valence-corrected chi connectivity index (χ1v) is 6.91. The molecule has 19 heavy (non-hydrogen) atoms. The second kappa shape index (κ2) is 7.25. The lowest BCUT2D eigenvalue weighted by Crippen LogP contribution is -2.48. The Balaban J connectivity index is 1.64. The largest absolute Gasteiger partial charge is 0.380 e. The molecule has 0 radical (unpaired) electrons. The van der Waals surface area contributed by atoms with Crippen LogP contribution in [0, 0.1) is 0 Å². The molecule has 1 atom stereocenters. The van der Waals surface area contributed by atoms with E-state index in [1.165, 1.54) is 0 Å². The zero-order valence-corrected chi connectivity index (χ0v) is 11.4. The maximum absolute atomic E-state index is 12.0. The maximum Gasteiger partial charge on any atom is 0.237 e. The summed E-state index contributed by atoms with van der Waals surface area (Å²) >= 11 is 0. The third-order valence-electron chi connectivity index (χ3n) is 3.23. The second-order valence-electron chi connectivity index (χ2n) is 4.72. The molecule has 0 bridgehead atoms. The van der Waals surface area contributed by atoms with Crippen LogP contribution in [0.4, 0.5) is 0 Å². The number of carbonyl (C=O) groups excluding carboxylic acids is 1. The minimum atomic E-state index is -0.188. The Bertz CT molecular complexity index is 405. The van der Waals surface area contributed by atoms with Gasteiger partial charge in [0.1, 0.15) is 0 Å². The van der Waals surface area contributed by atoms with Crippen LogP contribution in [0.2, 0.25) is 0 Å². The average molecular weight is 266 g/mol. The van der Waals surface area contributed by atoms with Crippen molar-refractivity contribution in [2.75, 3.05) is 19.8 Å². The lowest BCUT2D eigenvalue weighted by molar-refractivity contribution is -0.123. The Morgan fingerprint density at radius 2 is 2.47 bits per heavy atom. The van der Waals surface area contributed by atoms with Crippen molar-refractivity contribution < 1.29 is 9.53 Å². The van der Waals surface area contributed by atoms with E-state index in [1.807, 2.05) is 0 Å². The number of ether oxygens (including phenoxy) is 1. The van der Waals surface area contributed by atoms with Crippen molar-refractivity contribution in [3.05, 3.63) is 17.7 Å². The fourth-order valence-electron chi connectivity index (χ4n) is 2.07. The number of aromatic amines is 1. The van der Waals surface area contributed by atoms with E-state index in [9.17, 15) is 4.79 Å². The van der Waals surface area contributed by atoms with Crippen LogP contribution >= 0.6 is 0 Å². The van der Waals surface area contributed by atoms with Gasteiger partial charge < -0.3 is 15.0 Å². The van der Waals surface area contributed by atoms with Gasteiger partial charge in [-0.05, 0) is 6.42 Å². The number of fused-ring (bicyclic) bond motifs is 1. The Morgan fingerprint density at radius 3 is 3.32 bits per heavy atom. The highest BCUT2D eigenvalue weighted by molar-refractivity contribution is 5.82. The minimum absolute atomic E-state index is 0.0211. The van der Waals surface area contributed by atoms with Gasteiger partial charge in [0.25, 0.3) is 0 Å². The van der Waals surface area contributed by atoms with E-state index in [4.69, 9.17) is 4.74 Å². The first-order valence-electron chi connectivity index (χ1n) is 6.91. The third kappa shape index (κ3) is 4.04. The van der Waals surface area contributed by atoms with Crippen LogP contribution in [0.1, 0.15) is 31.2 Å². The summed E-state index contributed by atoms with van der Waals surface area (Å²) < 4.78 is 5.40. The number of amides is 1. The van der Waals surface area contributed by atoms with E-state index in [2.05, 4.69) is 27.5 Å². The van der Waals surface area contributed by atoms with Crippen molar-refractivity contribution in [2.24, 2.45) is 0 Å². The lowest BCUT2D eigenvalue weighted by Gasteiger charge is -2.22. The molecule has 0 saturated heterocycles. The SMILES string of the molecule is CCCCOCCNC(=O)C1Cc2nc[nH]c2CN1. The Morgan fingerprint density at radius 1 is 1.58 bits per heavy atom. The highest BCUT2D eigenvalue weighted by Crippen LogP contribution is 2.11. The molecule has 1 aliphatic heterocycles. The topological polar surface area (TPSA) is 79.0 Å². The molecule has 1 amide bonds. The maximum atomic E-state index is 12.0. The third-order valence-corrected chi connectivity index (χ3v) is 3.23. The van der Waals surface area contributed by atoms with E-state index < -0.39 is 0 Å². The quantitative estimate of drug-likeness (QED) is 0.623. The molecule has 6 heteroatoms. The molecule has 1 aromatic rings. The molecule has 2 heterocycles. The standard InChI is InChI=1S/C13H22N4O2/c1-2-3-5-19-6-4-14-13(18)11-7-10-12(8-15-11)17-9-16-10/h9,11,15H,2-8H2,1H3,(H,14,18)(H,16,17). The predicted octanol–water partition coefficient (Wildman–Crippen LogP) is 0.357. The molecule has 2 rings (SSSR count). The van der Waals surface area contributed by atoms with Gasteiger partial charge in [0.2, 0.25) is 5.91 Å².